The van der Waals surface area contributed by atoms with Gasteiger partial charge in [0.1, 0.15) is 23.6 Å². The van der Waals surface area contributed by atoms with Crippen LogP contribution in [0.15, 0.2) is 218 Å². The summed E-state index contributed by atoms with van der Waals surface area (Å²) in [7, 11) is 0. The Kier molecular flexibility index (Phi) is 20.1. The van der Waals surface area contributed by atoms with E-state index in [0.29, 0.717) is 69.9 Å². The molecule has 406 valence electrons. The van der Waals surface area contributed by atoms with Gasteiger partial charge in [-0.15, -0.1) is 0 Å². The molecule has 2 atom stereocenters. The summed E-state index contributed by atoms with van der Waals surface area (Å²) in [6, 6.07) is 78.8. The van der Waals surface area contributed by atoms with Crippen LogP contribution in [0.1, 0.15) is 112 Å². The van der Waals surface area contributed by atoms with E-state index in [1.165, 1.54) is 0 Å². The van der Waals surface area contributed by atoms with Crippen molar-refractivity contribution >= 4 is 34.1 Å². The molecule has 0 aliphatic carbocycles. The van der Waals surface area contributed by atoms with Crippen LogP contribution in [0.5, 0.6) is 11.5 Å². The number of anilines is 6. The number of para-hydroxylation sites is 4. The molecule has 9 rings (SSSR count). The van der Waals surface area contributed by atoms with Crippen molar-refractivity contribution in [3.05, 3.63) is 252 Å². The minimum absolute atomic E-state index is 0.362. The maximum absolute atomic E-state index is 10.6. The Labute approximate surface area is 486 Å². The van der Waals surface area contributed by atoms with Gasteiger partial charge in [0.25, 0.3) is 0 Å². The molecule has 9 aromatic carbocycles. The smallest absolute Gasteiger partial charge is 0.136 e. The Balaban J connectivity index is 1.04. The molecule has 6 heteroatoms. The highest BCUT2D eigenvalue weighted by molar-refractivity contribution is 5.80. The van der Waals surface area contributed by atoms with Crippen LogP contribution < -0.4 is 19.3 Å². The van der Waals surface area contributed by atoms with Crippen molar-refractivity contribution in [2.45, 2.75) is 79.1 Å². The molecule has 0 aromatic heterocycles. The molecule has 0 fully saturated rings. The number of hydrogen-bond donors (Lipinski definition) is 0. The van der Waals surface area contributed by atoms with Crippen molar-refractivity contribution in [3.63, 3.8) is 0 Å². The van der Waals surface area contributed by atoms with Gasteiger partial charge in [0.05, 0.1) is 35.5 Å². The van der Waals surface area contributed by atoms with Crippen molar-refractivity contribution in [2.75, 3.05) is 23.0 Å². The lowest BCUT2D eigenvalue weighted by Crippen LogP contribution is -2.13. The Hall–Kier alpha value is -9.72. The Bertz CT molecular complexity index is 3400. The summed E-state index contributed by atoms with van der Waals surface area (Å²) < 4.78 is 13.5. The van der Waals surface area contributed by atoms with E-state index in [0.717, 1.165) is 108 Å². The van der Waals surface area contributed by atoms with Crippen molar-refractivity contribution in [1.82, 2.24) is 0 Å². The second-order valence-corrected chi connectivity index (χ2v) is 20.7. The summed E-state index contributed by atoms with van der Waals surface area (Å²) in [5.41, 5.74) is 13.6. The summed E-state index contributed by atoms with van der Waals surface area (Å²) in [5, 5.41) is 21.2. The standard InChI is InChI=1S/C76H70N4O2/c1-5-9-23-57(7-3)55-81-75-51-66(40-36-62-34-38-64(50-68(62)54-78)60-43-47-74(48-44-60)80(71-29-19-13-20-30-71)72-31-21-14-22-32-72)76(82-56-58(8-4)24-10-6-2)52-65(75)39-35-61-33-37-63(49-67(61)53-77)59-41-45-73(46-42-59)79(69-25-15-11-16-26-69)70-27-17-12-18-28-70/h11-22,25-34,37-38,41-52,57-58H,5-10,23-24,55-56H2,1-4H3. The lowest BCUT2D eigenvalue weighted by molar-refractivity contribution is 0.227. The van der Waals surface area contributed by atoms with Crippen LogP contribution in [-0.4, -0.2) is 13.2 Å². The van der Waals surface area contributed by atoms with Gasteiger partial charge in [-0.2, -0.15) is 10.5 Å². The van der Waals surface area contributed by atoms with Gasteiger partial charge in [-0.05, 0) is 144 Å². The number of nitrogens with zero attached hydrogens (tertiary/aromatic N) is 4. The molecule has 0 spiro atoms. The average Bonchev–Trinajstić information content (AvgIpc) is 3.70. The minimum atomic E-state index is 0.362. The largest absolute Gasteiger partial charge is 0.492 e. The van der Waals surface area contributed by atoms with Crippen molar-refractivity contribution in [1.29, 1.82) is 10.5 Å². The SMILES string of the molecule is CCCCC(CC)COc1cc(C#Cc2ccc(-c3ccc(N(c4ccccc4)c4ccccc4)cc3)cc2C#N)c(OCC(CC)CCCC)cc1C#Cc1ccc(-c2ccc(N(c3ccccc3)c3ccccc3)cc2)cc1C#N. The van der Waals surface area contributed by atoms with Gasteiger partial charge in [0, 0.05) is 57.4 Å². The molecule has 0 heterocycles. The monoisotopic (exact) mass is 1070 g/mol. The van der Waals surface area contributed by atoms with Crippen LogP contribution in [0.4, 0.5) is 34.1 Å². The van der Waals surface area contributed by atoms with Crippen molar-refractivity contribution in [3.8, 4) is 69.6 Å². The van der Waals surface area contributed by atoms with Gasteiger partial charge in [0.15, 0.2) is 0 Å². The first-order valence-electron chi connectivity index (χ1n) is 29.0. The summed E-state index contributed by atoms with van der Waals surface area (Å²) >= 11 is 0. The normalized spacial score (nSPS) is 11.3. The number of unbranched alkanes of at least 4 members (excludes halogenated alkanes) is 2. The molecular formula is C76H70N4O2. The Morgan fingerprint density at radius 2 is 0.646 bits per heavy atom. The van der Waals surface area contributed by atoms with Gasteiger partial charge in [0.2, 0.25) is 0 Å². The van der Waals surface area contributed by atoms with E-state index in [-0.39, 0.29) is 0 Å². The molecule has 0 saturated heterocycles. The molecule has 0 amide bonds. The highest BCUT2D eigenvalue weighted by Gasteiger charge is 2.18. The third kappa shape index (κ3) is 14.5. The van der Waals surface area contributed by atoms with Crippen LogP contribution in [-0.2, 0) is 0 Å². The molecule has 0 aliphatic heterocycles. The summed E-state index contributed by atoms with van der Waals surface area (Å²) in [4.78, 5) is 4.46. The summed E-state index contributed by atoms with van der Waals surface area (Å²) in [5.74, 6) is 15.5. The van der Waals surface area contributed by atoms with E-state index in [1.54, 1.807) is 0 Å². The first-order chi connectivity index (χ1) is 40.4. The third-order valence-electron chi connectivity index (χ3n) is 15.0. The fraction of sp³-hybridized carbons (Fsp3) is 0.211. The number of hydrogen-bond acceptors (Lipinski definition) is 6. The van der Waals surface area contributed by atoms with Gasteiger partial charge in [-0.1, -0.05) is 199 Å². The number of rotatable bonds is 22. The molecule has 82 heavy (non-hydrogen) atoms. The number of ether oxygens (including phenoxy) is 2. The number of nitriles is 2. The maximum Gasteiger partial charge on any atom is 0.136 e. The van der Waals surface area contributed by atoms with Crippen LogP contribution in [0, 0.1) is 58.2 Å². The average molecular weight is 1070 g/mol. The highest BCUT2D eigenvalue weighted by Crippen LogP contribution is 2.38. The number of benzene rings is 9. The second kappa shape index (κ2) is 28.9. The molecule has 0 bridgehead atoms. The zero-order chi connectivity index (χ0) is 56.9. The van der Waals surface area contributed by atoms with Gasteiger partial charge in [-0.3, -0.25) is 0 Å². The van der Waals surface area contributed by atoms with Crippen molar-refractivity contribution in [2.24, 2.45) is 11.8 Å². The summed E-state index contributed by atoms with van der Waals surface area (Å²) in [6.45, 7) is 9.91. The molecule has 0 saturated carbocycles. The molecule has 9 aromatic rings. The van der Waals surface area contributed by atoms with E-state index >= 15 is 0 Å². The molecular weight excluding hydrogens is 1000 g/mol. The van der Waals surface area contributed by atoms with Crippen LogP contribution in [0.3, 0.4) is 0 Å². The Morgan fingerprint density at radius 1 is 0.341 bits per heavy atom. The van der Waals surface area contributed by atoms with E-state index in [4.69, 9.17) is 9.47 Å². The van der Waals surface area contributed by atoms with Crippen LogP contribution >= 0.6 is 0 Å². The van der Waals surface area contributed by atoms with Crippen LogP contribution in [0.25, 0.3) is 22.3 Å². The van der Waals surface area contributed by atoms with Crippen molar-refractivity contribution < 1.29 is 9.47 Å². The first kappa shape index (κ1) is 57.0. The quantitative estimate of drug-likeness (QED) is 0.0630. The molecule has 6 nitrogen and oxygen atoms in total. The molecule has 2 unspecified atom stereocenters. The van der Waals surface area contributed by atoms with Gasteiger partial charge < -0.3 is 19.3 Å². The van der Waals surface area contributed by atoms with E-state index in [2.05, 4.69) is 170 Å². The fourth-order valence-electron chi connectivity index (χ4n) is 10.1. The summed E-state index contributed by atoms with van der Waals surface area (Å²) in [6.07, 6.45) is 8.57. The first-order valence-corrected chi connectivity index (χ1v) is 29.0. The van der Waals surface area contributed by atoms with E-state index in [9.17, 15) is 10.5 Å². The predicted molar refractivity (Wildman–Crippen MR) is 339 cm³/mol. The van der Waals surface area contributed by atoms with Crippen LogP contribution in [0.2, 0.25) is 0 Å². The molecule has 0 N–H and O–H groups in total. The Morgan fingerprint density at radius 3 is 0.951 bits per heavy atom. The maximum atomic E-state index is 10.6. The lowest BCUT2D eigenvalue weighted by Gasteiger charge is -2.25. The third-order valence-corrected chi connectivity index (χ3v) is 15.0. The van der Waals surface area contributed by atoms with E-state index < -0.39 is 0 Å². The molecule has 0 aliphatic rings. The second-order valence-electron chi connectivity index (χ2n) is 20.7. The minimum Gasteiger partial charge on any atom is -0.492 e. The van der Waals surface area contributed by atoms with E-state index in [1.807, 2.05) is 121 Å². The van der Waals surface area contributed by atoms with Gasteiger partial charge >= 0.3 is 0 Å². The molecule has 0 radical (unpaired) electrons. The fourth-order valence-corrected chi connectivity index (χ4v) is 10.1. The topological polar surface area (TPSA) is 72.5 Å². The highest BCUT2D eigenvalue weighted by atomic mass is 16.5. The van der Waals surface area contributed by atoms with Gasteiger partial charge in [-0.25, -0.2) is 0 Å². The predicted octanol–water partition coefficient (Wildman–Crippen LogP) is 19.7. The lowest BCUT2D eigenvalue weighted by atomic mass is 9.98. The zero-order valence-electron chi connectivity index (χ0n) is 47.6. The zero-order valence-corrected chi connectivity index (χ0v) is 47.6.